The molecule has 2 nitrogen and oxygen atoms in total. The molecule has 0 aromatic carbocycles. The van der Waals surface area contributed by atoms with Crippen molar-refractivity contribution in [2.75, 3.05) is 40.3 Å². The number of rotatable bonds is 9. The van der Waals surface area contributed by atoms with Gasteiger partial charge in [-0.25, -0.2) is 0 Å². The normalized spacial score (nSPS) is 12.4. The second-order valence-electron chi connectivity index (χ2n) is 6.00. The molecule has 0 aliphatic carbocycles. The van der Waals surface area contributed by atoms with Gasteiger partial charge in [0.05, 0.1) is 0 Å². The standard InChI is InChI=1S/C14H32N2/c1-13(2)8-7-9-15(5)10-11-16(6)12-14(3)4/h13-14H,7-12H2,1-6H3. The van der Waals surface area contributed by atoms with Crippen molar-refractivity contribution in [3.63, 3.8) is 0 Å². The Morgan fingerprint density at radius 1 is 0.750 bits per heavy atom. The molecule has 0 saturated carbocycles. The van der Waals surface area contributed by atoms with E-state index in [4.69, 9.17) is 0 Å². The van der Waals surface area contributed by atoms with Gasteiger partial charge in [-0.2, -0.15) is 0 Å². The van der Waals surface area contributed by atoms with Crippen molar-refractivity contribution in [2.45, 2.75) is 40.5 Å². The Morgan fingerprint density at radius 3 is 1.81 bits per heavy atom. The molecule has 0 spiro atoms. The first-order chi connectivity index (χ1) is 7.41. The first-order valence-corrected chi connectivity index (χ1v) is 6.79. The monoisotopic (exact) mass is 228 g/mol. The SMILES string of the molecule is CC(C)CCCN(C)CCN(C)CC(C)C. The molecule has 98 valence electrons. The van der Waals surface area contributed by atoms with Crippen molar-refractivity contribution in [1.82, 2.24) is 9.80 Å². The van der Waals surface area contributed by atoms with Crippen LogP contribution in [-0.4, -0.2) is 50.1 Å². The van der Waals surface area contributed by atoms with Gasteiger partial charge in [0.1, 0.15) is 0 Å². The van der Waals surface area contributed by atoms with Gasteiger partial charge in [0.25, 0.3) is 0 Å². The molecular weight excluding hydrogens is 196 g/mol. The van der Waals surface area contributed by atoms with E-state index in [1.165, 1.54) is 39.0 Å². The van der Waals surface area contributed by atoms with E-state index in [2.05, 4.69) is 51.6 Å². The molecule has 2 heteroatoms. The maximum atomic E-state index is 2.46. The Bertz CT molecular complexity index is 155. The highest BCUT2D eigenvalue weighted by atomic mass is 15.2. The molecule has 0 aliphatic rings. The fourth-order valence-corrected chi connectivity index (χ4v) is 1.94. The molecule has 0 saturated heterocycles. The number of likely N-dealkylation sites (N-methyl/N-ethyl adjacent to an activating group) is 2. The third kappa shape index (κ3) is 10.4. The largest absolute Gasteiger partial charge is 0.305 e. The van der Waals surface area contributed by atoms with E-state index in [9.17, 15) is 0 Å². The fourth-order valence-electron chi connectivity index (χ4n) is 1.94. The van der Waals surface area contributed by atoms with E-state index >= 15 is 0 Å². The lowest BCUT2D eigenvalue weighted by Gasteiger charge is -2.23. The highest BCUT2D eigenvalue weighted by Crippen LogP contribution is 2.04. The quantitative estimate of drug-likeness (QED) is 0.599. The maximum absolute atomic E-state index is 2.46. The molecular formula is C14H32N2. The second-order valence-corrected chi connectivity index (χ2v) is 6.00. The lowest BCUT2D eigenvalue weighted by atomic mass is 10.1. The zero-order valence-electron chi connectivity index (χ0n) is 12.3. The van der Waals surface area contributed by atoms with E-state index in [1.54, 1.807) is 0 Å². The molecule has 0 N–H and O–H groups in total. The lowest BCUT2D eigenvalue weighted by molar-refractivity contribution is 0.235. The number of hydrogen-bond acceptors (Lipinski definition) is 2. The third-order valence-corrected chi connectivity index (χ3v) is 2.86. The van der Waals surface area contributed by atoms with Gasteiger partial charge >= 0.3 is 0 Å². The van der Waals surface area contributed by atoms with Crippen LogP contribution in [0.2, 0.25) is 0 Å². The fraction of sp³-hybridized carbons (Fsp3) is 1.00. The topological polar surface area (TPSA) is 6.48 Å². The van der Waals surface area contributed by atoms with Crippen LogP contribution in [0.1, 0.15) is 40.5 Å². The highest BCUT2D eigenvalue weighted by Gasteiger charge is 2.04. The predicted molar refractivity (Wildman–Crippen MR) is 73.9 cm³/mol. The molecule has 0 aliphatic heterocycles. The first-order valence-electron chi connectivity index (χ1n) is 6.79. The van der Waals surface area contributed by atoms with Gasteiger partial charge in [0.2, 0.25) is 0 Å². The summed E-state index contributed by atoms with van der Waals surface area (Å²) in [7, 11) is 4.46. The van der Waals surface area contributed by atoms with Crippen LogP contribution < -0.4 is 0 Å². The number of hydrogen-bond donors (Lipinski definition) is 0. The molecule has 0 bridgehead atoms. The van der Waals surface area contributed by atoms with Crippen LogP contribution in [0.4, 0.5) is 0 Å². The minimum atomic E-state index is 0.774. The van der Waals surface area contributed by atoms with Crippen molar-refractivity contribution in [2.24, 2.45) is 11.8 Å². The molecule has 0 fully saturated rings. The van der Waals surface area contributed by atoms with Crippen LogP contribution in [0.15, 0.2) is 0 Å². The Balaban J connectivity index is 3.45. The van der Waals surface area contributed by atoms with E-state index in [0.29, 0.717) is 0 Å². The average Bonchev–Trinajstić information content (AvgIpc) is 2.13. The van der Waals surface area contributed by atoms with Crippen LogP contribution in [0, 0.1) is 11.8 Å². The molecule has 0 radical (unpaired) electrons. The minimum Gasteiger partial charge on any atom is -0.305 e. The van der Waals surface area contributed by atoms with Crippen molar-refractivity contribution in [3.05, 3.63) is 0 Å². The molecule has 0 amide bonds. The molecule has 0 aromatic rings. The van der Waals surface area contributed by atoms with Crippen LogP contribution in [-0.2, 0) is 0 Å². The minimum absolute atomic E-state index is 0.774. The molecule has 16 heavy (non-hydrogen) atoms. The molecule has 0 atom stereocenters. The highest BCUT2D eigenvalue weighted by molar-refractivity contribution is 4.59. The maximum Gasteiger partial charge on any atom is 0.0106 e. The van der Waals surface area contributed by atoms with Crippen molar-refractivity contribution >= 4 is 0 Å². The Morgan fingerprint density at radius 2 is 1.31 bits per heavy atom. The Hall–Kier alpha value is -0.0800. The van der Waals surface area contributed by atoms with Crippen molar-refractivity contribution in [3.8, 4) is 0 Å². The van der Waals surface area contributed by atoms with Gasteiger partial charge in [-0.05, 0) is 45.3 Å². The summed E-state index contributed by atoms with van der Waals surface area (Å²) < 4.78 is 0. The number of nitrogens with zero attached hydrogens (tertiary/aromatic N) is 2. The molecule has 0 heterocycles. The van der Waals surface area contributed by atoms with Crippen molar-refractivity contribution in [1.29, 1.82) is 0 Å². The van der Waals surface area contributed by atoms with Crippen molar-refractivity contribution < 1.29 is 0 Å². The Kier molecular flexibility index (Phi) is 8.96. The summed E-state index contributed by atoms with van der Waals surface area (Å²) in [5.74, 6) is 1.62. The summed E-state index contributed by atoms with van der Waals surface area (Å²) in [6.07, 6.45) is 2.69. The third-order valence-electron chi connectivity index (χ3n) is 2.86. The van der Waals surface area contributed by atoms with E-state index in [-0.39, 0.29) is 0 Å². The summed E-state index contributed by atoms with van der Waals surface area (Å²) in [5, 5.41) is 0. The van der Waals surface area contributed by atoms with Gasteiger partial charge in [0.15, 0.2) is 0 Å². The molecule has 0 unspecified atom stereocenters. The molecule has 0 rings (SSSR count). The van der Waals surface area contributed by atoms with Crippen LogP contribution in [0.5, 0.6) is 0 Å². The summed E-state index contributed by atoms with van der Waals surface area (Å²) in [6.45, 7) is 14.0. The molecule has 0 aromatic heterocycles. The van der Waals surface area contributed by atoms with Gasteiger partial charge in [-0.3, -0.25) is 0 Å². The zero-order valence-corrected chi connectivity index (χ0v) is 12.3. The van der Waals surface area contributed by atoms with Gasteiger partial charge in [-0.1, -0.05) is 27.7 Å². The zero-order chi connectivity index (χ0) is 12.6. The van der Waals surface area contributed by atoms with Crippen LogP contribution >= 0.6 is 0 Å². The van der Waals surface area contributed by atoms with Crippen LogP contribution in [0.25, 0.3) is 0 Å². The van der Waals surface area contributed by atoms with E-state index < -0.39 is 0 Å². The smallest absolute Gasteiger partial charge is 0.0106 e. The van der Waals surface area contributed by atoms with E-state index in [1.807, 2.05) is 0 Å². The Labute approximate surface area is 103 Å². The summed E-state index contributed by atoms with van der Waals surface area (Å²) in [6, 6.07) is 0. The van der Waals surface area contributed by atoms with Gasteiger partial charge in [0, 0.05) is 19.6 Å². The van der Waals surface area contributed by atoms with Gasteiger partial charge in [-0.15, -0.1) is 0 Å². The second kappa shape index (κ2) is 9.00. The summed E-state index contributed by atoms with van der Waals surface area (Å²) >= 11 is 0. The average molecular weight is 228 g/mol. The summed E-state index contributed by atoms with van der Waals surface area (Å²) in [5.41, 5.74) is 0. The van der Waals surface area contributed by atoms with E-state index in [0.717, 1.165) is 11.8 Å². The van der Waals surface area contributed by atoms with Gasteiger partial charge < -0.3 is 9.80 Å². The van der Waals surface area contributed by atoms with Crippen LogP contribution in [0.3, 0.4) is 0 Å². The predicted octanol–water partition coefficient (Wildman–Crippen LogP) is 2.94. The lowest BCUT2D eigenvalue weighted by Crippen LogP contribution is -2.33. The first kappa shape index (κ1) is 15.9. The summed E-state index contributed by atoms with van der Waals surface area (Å²) in [4.78, 5) is 4.89.